The second kappa shape index (κ2) is 7.04. The first kappa shape index (κ1) is 16.5. The van der Waals surface area contributed by atoms with Crippen LogP contribution in [0.15, 0.2) is 12.4 Å². The fourth-order valence-electron chi connectivity index (χ4n) is 4.07. The highest BCUT2D eigenvalue weighted by molar-refractivity contribution is 5.83. The SMILES string of the molecule is COCCC1(C(=O)N2CCCC(Cc3nccn3C)C2)CCC1. The van der Waals surface area contributed by atoms with Gasteiger partial charge in [-0.25, -0.2) is 4.98 Å². The number of carbonyl (C=O) groups excluding carboxylic acids is 1. The van der Waals surface area contributed by atoms with Crippen LogP contribution in [0.4, 0.5) is 0 Å². The molecule has 0 aromatic carbocycles. The van der Waals surface area contributed by atoms with E-state index in [-0.39, 0.29) is 5.41 Å². The first-order valence-corrected chi connectivity index (χ1v) is 8.89. The van der Waals surface area contributed by atoms with Gasteiger partial charge in [0, 0.05) is 52.7 Å². The number of piperidine rings is 1. The molecule has 0 bridgehead atoms. The quantitative estimate of drug-likeness (QED) is 0.809. The molecule has 1 aromatic rings. The lowest BCUT2D eigenvalue weighted by Gasteiger charge is -2.45. The molecule has 23 heavy (non-hydrogen) atoms. The zero-order valence-corrected chi connectivity index (χ0v) is 14.5. The first-order chi connectivity index (χ1) is 11.1. The molecule has 1 saturated carbocycles. The van der Waals surface area contributed by atoms with Gasteiger partial charge >= 0.3 is 0 Å². The fourth-order valence-corrected chi connectivity index (χ4v) is 4.07. The van der Waals surface area contributed by atoms with Crippen LogP contribution in [0.3, 0.4) is 0 Å². The Hall–Kier alpha value is -1.36. The Morgan fingerprint density at radius 2 is 2.26 bits per heavy atom. The van der Waals surface area contributed by atoms with Crippen LogP contribution < -0.4 is 0 Å². The van der Waals surface area contributed by atoms with E-state index in [4.69, 9.17) is 4.74 Å². The molecule has 1 aliphatic heterocycles. The van der Waals surface area contributed by atoms with Crippen molar-refractivity contribution in [2.45, 2.75) is 44.9 Å². The lowest BCUT2D eigenvalue weighted by atomic mass is 9.65. The van der Waals surface area contributed by atoms with Crippen molar-refractivity contribution >= 4 is 5.91 Å². The number of methoxy groups -OCH3 is 1. The second-order valence-electron chi connectivity index (χ2n) is 7.29. The molecule has 1 atom stereocenters. The van der Waals surface area contributed by atoms with Gasteiger partial charge in [-0.1, -0.05) is 6.42 Å². The Kier molecular flexibility index (Phi) is 5.05. The van der Waals surface area contributed by atoms with Gasteiger partial charge in [0.1, 0.15) is 5.82 Å². The molecule has 1 amide bonds. The van der Waals surface area contributed by atoms with Gasteiger partial charge in [0.25, 0.3) is 0 Å². The van der Waals surface area contributed by atoms with Crippen LogP contribution in [0.5, 0.6) is 0 Å². The Bertz CT molecular complexity index is 536. The van der Waals surface area contributed by atoms with Gasteiger partial charge in [-0.05, 0) is 38.0 Å². The monoisotopic (exact) mass is 319 g/mol. The predicted molar refractivity (Wildman–Crippen MR) is 89.0 cm³/mol. The third-order valence-corrected chi connectivity index (χ3v) is 5.75. The minimum atomic E-state index is -0.124. The Morgan fingerprint density at radius 1 is 1.43 bits per heavy atom. The minimum Gasteiger partial charge on any atom is -0.385 e. The summed E-state index contributed by atoms with van der Waals surface area (Å²) >= 11 is 0. The van der Waals surface area contributed by atoms with Crippen molar-refractivity contribution in [3.8, 4) is 0 Å². The van der Waals surface area contributed by atoms with Crippen molar-refractivity contribution in [2.75, 3.05) is 26.8 Å². The normalized spacial score (nSPS) is 23.6. The molecule has 1 aromatic heterocycles. The number of hydrogen-bond acceptors (Lipinski definition) is 3. The average molecular weight is 319 g/mol. The maximum absolute atomic E-state index is 13.1. The highest BCUT2D eigenvalue weighted by Crippen LogP contribution is 2.46. The summed E-state index contributed by atoms with van der Waals surface area (Å²) < 4.78 is 7.32. The molecule has 3 rings (SSSR count). The molecule has 5 nitrogen and oxygen atoms in total. The lowest BCUT2D eigenvalue weighted by Crippen LogP contribution is -2.51. The number of likely N-dealkylation sites (tertiary alicyclic amines) is 1. The molecule has 5 heteroatoms. The molecule has 2 heterocycles. The molecular formula is C18H29N3O2. The zero-order valence-electron chi connectivity index (χ0n) is 14.5. The number of rotatable bonds is 6. The molecule has 1 unspecified atom stereocenters. The topological polar surface area (TPSA) is 47.4 Å². The van der Waals surface area contributed by atoms with E-state index < -0.39 is 0 Å². The molecule has 0 radical (unpaired) electrons. The van der Waals surface area contributed by atoms with Crippen LogP contribution in [0.25, 0.3) is 0 Å². The molecule has 128 valence electrons. The van der Waals surface area contributed by atoms with Crippen molar-refractivity contribution in [1.82, 2.24) is 14.5 Å². The summed E-state index contributed by atoms with van der Waals surface area (Å²) in [7, 11) is 3.77. The van der Waals surface area contributed by atoms with E-state index in [1.165, 1.54) is 12.8 Å². The maximum atomic E-state index is 13.1. The highest BCUT2D eigenvalue weighted by Gasteiger charge is 2.46. The molecule has 2 fully saturated rings. The third kappa shape index (κ3) is 3.44. The Balaban J connectivity index is 1.61. The second-order valence-corrected chi connectivity index (χ2v) is 7.29. The van der Waals surface area contributed by atoms with Crippen molar-refractivity contribution in [3.63, 3.8) is 0 Å². The van der Waals surface area contributed by atoms with E-state index in [1.54, 1.807) is 7.11 Å². The number of nitrogens with zero attached hydrogens (tertiary/aromatic N) is 3. The summed E-state index contributed by atoms with van der Waals surface area (Å²) in [5, 5.41) is 0. The maximum Gasteiger partial charge on any atom is 0.228 e. The molecule has 0 spiro atoms. The molecular weight excluding hydrogens is 290 g/mol. The van der Waals surface area contributed by atoms with Crippen LogP contribution in [-0.4, -0.2) is 47.2 Å². The Labute approximate surface area is 139 Å². The van der Waals surface area contributed by atoms with Crippen LogP contribution in [0, 0.1) is 11.3 Å². The van der Waals surface area contributed by atoms with Crippen molar-refractivity contribution in [1.29, 1.82) is 0 Å². The average Bonchev–Trinajstić information content (AvgIpc) is 2.91. The number of hydrogen-bond donors (Lipinski definition) is 0. The lowest BCUT2D eigenvalue weighted by molar-refractivity contribution is -0.151. The summed E-state index contributed by atoms with van der Waals surface area (Å²) in [6.45, 7) is 2.50. The highest BCUT2D eigenvalue weighted by atomic mass is 16.5. The van der Waals surface area contributed by atoms with Crippen LogP contribution in [-0.2, 0) is 23.0 Å². The number of ether oxygens (including phenoxy) is 1. The van der Waals surface area contributed by atoms with Gasteiger partial charge in [0.2, 0.25) is 5.91 Å². The Morgan fingerprint density at radius 3 is 2.87 bits per heavy atom. The standard InChI is InChI=1S/C18H29N3O2/c1-20-11-9-19-16(20)13-15-5-3-10-21(14-15)17(22)18(6-4-7-18)8-12-23-2/h9,11,15H,3-8,10,12-14H2,1-2H3. The fraction of sp³-hybridized carbons (Fsp3) is 0.778. The number of aromatic nitrogens is 2. The summed E-state index contributed by atoms with van der Waals surface area (Å²) in [6, 6.07) is 0. The van der Waals surface area contributed by atoms with Gasteiger partial charge in [0.05, 0.1) is 5.41 Å². The molecule has 2 aliphatic rings. The van der Waals surface area contributed by atoms with Crippen LogP contribution in [0.2, 0.25) is 0 Å². The largest absolute Gasteiger partial charge is 0.385 e. The number of imidazole rings is 1. The minimum absolute atomic E-state index is 0.124. The molecule has 1 aliphatic carbocycles. The summed E-state index contributed by atoms with van der Waals surface area (Å²) in [6.07, 6.45) is 11.3. The van der Waals surface area contributed by atoms with E-state index in [2.05, 4.69) is 14.5 Å². The smallest absolute Gasteiger partial charge is 0.228 e. The predicted octanol–water partition coefficient (Wildman–Crippen LogP) is 2.41. The third-order valence-electron chi connectivity index (χ3n) is 5.75. The molecule has 0 N–H and O–H groups in total. The van der Waals surface area contributed by atoms with Crippen molar-refractivity contribution < 1.29 is 9.53 Å². The number of carbonyl (C=O) groups is 1. The van der Waals surface area contributed by atoms with Gasteiger partial charge in [-0.2, -0.15) is 0 Å². The zero-order chi connectivity index (χ0) is 16.3. The van der Waals surface area contributed by atoms with Crippen molar-refractivity contribution in [3.05, 3.63) is 18.2 Å². The number of aryl methyl sites for hydroxylation is 1. The van der Waals surface area contributed by atoms with Crippen LogP contribution in [0.1, 0.15) is 44.3 Å². The van der Waals surface area contributed by atoms with Crippen LogP contribution >= 0.6 is 0 Å². The van der Waals surface area contributed by atoms with E-state index in [1.807, 2.05) is 19.4 Å². The van der Waals surface area contributed by atoms with Gasteiger partial charge < -0.3 is 14.2 Å². The van der Waals surface area contributed by atoms with E-state index in [0.29, 0.717) is 18.4 Å². The summed E-state index contributed by atoms with van der Waals surface area (Å²) in [5.41, 5.74) is -0.124. The number of amides is 1. The first-order valence-electron chi connectivity index (χ1n) is 8.89. The van der Waals surface area contributed by atoms with E-state index in [0.717, 1.165) is 51.0 Å². The van der Waals surface area contributed by atoms with Crippen molar-refractivity contribution in [2.24, 2.45) is 18.4 Å². The van der Waals surface area contributed by atoms with E-state index in [9.17, 15) is 4.79 Å². The van der Waals surface area contributed by atoms with Gasteiger partial charge in [0.15, 0.2) is 0 Å². The summed E-state index contributed by atoms with van der Waals surface area (Å²) in [5.74, 6) is 2.04. The van der Waals surface area contributed by atoms with E-state index >= 15 is 0 Å². The summed E-state index contributed by atoms with van der Waals surface area (Å²) in [4.78, 5) is 19.6. The van der Waals surface area contributed by atoms with Gasteiger partial charge in [-0.3, -0.25) is 4.79 Å². The van der Waals surface area contributed by atoms with Gasteiger partial charge in [-0.15, -0.1) is 0 Å². The molecule has 1 saturated heterocycles.